The molecule has 1 heterocycles. The molecule has 0 atom stereocenters. The van der Waals surface area contributed by atoms with Gasteiger partial charge in [-0.1, -0.05) is 12.5 Å². The number of carboxylic acid groups (broad SMARTS) is 1. The molecule has 1 aromatic heterocycles. The van der Waals surface area contributed by atoms with Crippen LogP contribution in [-0.2, 0) is 16.0 Å². The van der Waals surface area contributed by atoms with E-state index in [1.807, 2.05) is 13.8 Å². The second-order valence-corrected chi connectivity index (χ2v) is 7.00. The van der Waals surface area contributed by atoms with Crippen LogP contribution in [0.5, 0.6) is 0 Å². The molecular weight excluding hydrogens is 286 g/mol. The van der Waals surface area contributed by atoms with Gasteiger partial charge >= 0.3 is 5.97 Å². The minimum Gasteiger partial charge on any atom is -0.481 e. The number of thiophene rings is 1. The minimum atomic E-state index is -0.828. The topological polar surface area (TPSA) is 66.4 Å². The zero-order valence-corrected chi connectivity index (χ0v) is 13.7. The maximum Gasteiger partial charge on any atom is 0.303 e. The smallest absolute Gasteiger partial charge is 0.303 e. The van der Waals surface area contributed by atoms with E-state index in [4.69, 9.17) is 5.11 Å². The zero-order chi connectivity index (χ0) is 15.7. The molecule has 0 spiro atoms. The number of nitrogens with one attached hydrogen (secondary N) is 1. The first kappa shape index (κ1) is 17.7. The number of hydrogen-bond donors (Lipinski definition) is 2. The fourth-order valence-corrected chi connectivity index (χ4v) is 2.89. The molecule has 0 saturated carbocycles. The average molecular weight is 311 g/mol. The van der Waals surface area contributed by atoms with Crippen LogP contribution in [-0.4, -0.2) is 22.5 Å². The molecule has 118 valence electrons. The van der Waals surface area contributed by atoms with Crippen LogP contribution in [0.3, 0.4) is 0 Å². The second kappa shape index (κ2) is 8.82. The molecule has 1 rings (SSSR count). The highest BCUT2D eigenvalue weighted by molar-refractivity contribution is 7.09. The summed E-state index contributed by atoms with van der Waals surface area (Å²) < 4.78 is 0. The Hall–Kier alpha value is -1.36. The SMILES string of the molecule is CC(C)(CCC(=O)O)NC(=O)CCCCCc1cccs1. The summed E-state index contributed by atoms with van der Waals surface area (Å²) in [7, 11) is 0. The molecule has 0 aliphatic rings. The van der Waals surface area contributed by atoms with Gasteiger partial charge in [-0.3, -0.25) is 9.59 Å². The van der Waals surface area contributed by atoms with Crippen molar-refractivity contribution in [2.75, 3.05) is 0 Å². The van der Waals surface area contributed by atoms with Crippen LogP contribution in [0.1, 0.15) is 57.2 Å². The molecule has 0 saturated heterocycles. The molecule has 0 aliphatic carbocycles. The molecule has 1 aromatic rings. The van der Waals surface area contributed by atoms with Gasteiger partial charge < -0.3 is 10.4 Å². The van der Waals surface area contributed by atoms with E-state index in [0.717, 1.165) is 25.7 Å². The fourth-order valence-electron chi connectivity index (χ4n) is 2.14. The highest BCUT2D eigenvalue weighted by Gasteiger charge is 2.20. The summed E-state index contributed by atoms with van der Waals surface area (Å²) >= 11 is 1.78. The maximum atomic E-state index is 11.8. The summed E-state index contributed by atoms with van der Waals surface area (Å²) in [4.78, 5) is 23.8. The van der Waals surface area contributed by atoms with Gasteiger partial charge in [0.2, 0.25) is 5.91 Å². The number of rotatable bonds is 10. The Bertz CT molecular complexity index is 440. The molecule has 0 bridgehead atoms. The summed E-state index contributed by atoms with van der Waals surface area (Å²) in [6, 6.07) is 4.20. The molecule has 0 unspecified atom stereocenters. The van der Waals surface area contributed by atoms with Crippen LogP contribution < -0.4 is 5.32 Å². The van der Waals surface area contributed by atoms with Crippen LogP contribution in [0.4, 0.5) is 0 Å². The van der Waals surface area contributed by atoms with Crippen molar-refractivity contribution in [3.8, 4) is 0 Å². The van der Waals surface area contributed by atoms with Gasteiger partial charge in [0, 0.05) is 23.3 Å². The number of carbonyl (C=O) groups excluding carboxylic acids is 1. The molecule has 21 heavy (non-hydrogen) atoms. The first-order valence-corrected chi connectivity index (χ1v) is 8.32. The third-order valence-corrected chi connectivity index (χ3v) is 4.28. The van der Waals surface area contributed by atoms with Crippen molar-refractivity contribution in [3.05, 3.63) is 22.4 Å². The van der Waals surface area contributed by atoms with Crippen molar-refractivity contribution < 1.29 is 14.7 Å². The van der Waals surface area contributed by atoms with Crippen molar-refractivity contribution >= 4 is 23.2 Å². The van der Waals surface area contributed by atoms with Gasteiger partial charge in [0.05, 0.1) is 0 Å². The summed E-state index contributed by atoms with van der Waals surface area (Å²) in [6.07, 6.45) is 5.16. The van der Waals surface area contributed by atoms with E-state index in [1.54, 1.807) is 11.3 Å². The van der Waals surface area contributed by atoms with E-state index < -0.39 is 11.5 Å². The van der Waals surface area contributed by atoms with Gasteiger partial charge in [0.15, 0.2) is 0 Å². The van der Waals surface area contributed by atoms with Gasteiger partial charge in [0.25, 0.3) is 0 Å². The normalized spacial score (nSPS) is 11.3. The van der Waals surface area contributed by atoms with Gasteiger partial charge in [-0.2, -0.15) is 0 Å². The molecule has 0 radical (unpaired) electrons. The highest BCUT2D eigenvalue weighted by Crippen LogP contribution is 2.14. The predicted molar refractivity (Wildman–Crippen MR) is 85.6 cm³/mol. The summed E-state index contributed by atoms with van der Waals surface area (Å²) in [5, 5.41) is 13.7. The molecule has 4 nitrogen and oxygen atoms in total. The van der Waals surface area contributed by atoms with Crippen molar-refractivity contribution in [2.45, 2.75) is 64.3 Å². The van der Waals surface area contributed by atoms with E-state index in [0.29, 0.717) is 12.8 Å². The molecule has 0 aromatic carbocycles. The van der Waals surface area contributed by atoms with Gasteiger partial charge in [-0.15, -0.1) is 11.3 Å². The van der Waals surface area contributed by atoms with E-state index >= 15 is 0 Å². The lowest BCUT2D eigenvalue weighted by Crippen LogP contribution is -2.43. The molecule has 5 heteroatoms. The Morgan fingerprint density at radius 3 is 2.62 bits per heavy atom. The second-order valence-electron chi connectivity index (χ2n) is 5.97. The number of carboxylic acids is 1. The summed E-state index contributed by atoms with van der Waals surface area (Å²) in [5.41, 5.74) is -0.452. The van der Waals surface area contributed by atoms with Crippen LogP contribution in [0.25, 0.3) is 0 Å². The van der Waals surface area contributed by atoms with Crippen molar-refractivity contribution in [1.82, 2.24) is 5.32 Å². The Morgan fingerprint density at radius 1 is 1.24 bits per heavy atom. The predicted octanol–water partition coefficient (Wildman–Crippen LogP) is 3.61. The molecular formula is C16H25NO3S. The Kier molecular flexibility index (Phi) is 7.43. The largest absolute Gasteiger partial charge is 0.481 e. The zero-order valence-electron chi connectivity index (χ0n) is 12.9. The minimum absolute atomic E-state index is 0.0153. The molecule has 1 amide bonds. The number of carbonyl (C=O) groups is 2. The lowest BCUT2D eigenvalue weighted by atomic mass is 9.98. The van der Waals surface area contributed by atoms with Gasteiger partial charge in [-0.05, 0) is 51.0 Å². The number of hydrogen-bond acceptors (Lipinski definition) is 3. The van der Waals surface area contributed by atoms with Crippen molar-refractivity contribution in [1.29, 1.82) is 0 Å². The van der Waals surface area contributed by atoms with E-state index in [-0.39, 0.29) is 12.3 Å². The number of unbranched alkanes of at least 4 members (excludes halogenated alkanes) is 2. The summed E-state index contributed by atoms with van der Waals surface area (Å²) in [6.45, 7) is 3.73. The van der Waals surface area contributed by atoms with E-state index in [9.17, 15) is 9.59 Å². The summed E-state index contributed by atoms with van der Waals surface area (Å²) in [5.74, 6) is -0.813. The monoisotopic (exact) mass is 311 g/mol. The van der Waals surface area contributed by atoms with Crippen molar-refractivity contribution in [2.24, 2.45) is 0 Å². The Balaban J connectivity index is 2.11. The number of aliphatic carboxylic acids is 1. The van der Waals surface area contributed by atoms with Gasteiger partial charge in [-0.25, -0.2) is 0 Å². The van der Waals surface area contributed by atoms with Crippen LogP contribution in [0.15, 0.2) is 17.5 Å². The quantitative estimate of drug-likeness (QED) is 0.649. The van der Waals surface area contributed by atoms with Crippen molar-refractivity contribution in [3.63, 3.8) is 0 Å². The van der Waals surface area contributed by atoms with E-state index in [1.165, 1.54) is 4.88 Å². The number of amides is 1. The molecule has 0 aliphatic heterocycles. The van der Waals surface area contributed by atoms with Crippen LogP contribution in [0, 0.1) is 0 Å². The standard InChI is InChI=1S/C16H25NO3S/c1-16(2,11-10-15(19)20)17-14(18)9-5-3-4-7-13-8-6-12-21-13/h6,8,12H,3-5,7,9-11H2,1-2H3,(H,17,18)(H,19,20). The lowest BCUT2D eigenvalue weighted by molar-refractivity contribution is -0.137. The molecule has 0 fully saturated rings. The highest BCUT2D eigenvalue weighted by atomic mass is 32.1. The van der Waals surface area contributed by atoms with Crippen LogP contribution in [0.2, 0.25) is 0 Å². The third kappa shape index (κ3) is 8.50. The maximum absolute atomic E-state index is 11.8. The Morgan fingerprint density at radius 2 is 2.00 bits per heavy atom. The number of aryl methyl sites for hydroxylation is 1. The Labute approximate surface area is 130 Å². The fraction of sp³-hybridized carbons (Fsp3) is 0.625. The third-order valence-electron chi connectivity index (χ3n) is 3.35. The van der Waals surface area contributed by atoms with E-state index in [2.05, 4.69) is 22.8 Å². The van der Waals surface area contributed by atoms with Gasteiger partial charge in [0.1, 0.15) is 0 Å². The lowest BCUT2D eigenvalue weighted by Gasteiger charge is -2.25. The first-order chi connectivity index (χ1) is 9.89. The first-order valence-electron chi connectivity index (χ1n) is 7.44. The molecule has 2 N–H and O–H groups in total. The van der Waals surface area contributed by atoms with Crippen LogP contribution >= 0.6 is 11.3 Å². The average Bonchev–Trinajstić information content (AvgIpc) is 2.89.